The van der Waals surface area contributed by atoms with Crippen molar-refractivity contribution in [1.29, 1.82) is 0 Å². The molecule has 0 radical (unpaired) electrons. The summed E-state index contributed by atoms with van der Waals surface area (Å²) < 4.78 is 35.6. The summed E-state index contributed by atoms with van der Waals surface area (Å²) in [6.07, 6.45) is 4.11. The summed E-state index contributed by atoms with van der Waals surface area (Å²) in [5.41, 5.74) is 0.489. The van der Waals surface area contributed by atoms with Gasteiger partial charge in [-0.05, 0) is 81.7 Å². The highest BCUT2D eigenvalue weighted by atomic mass is 32.2. The van der Waals surface area contributed by atoms with E-state index in [1.807, 2.05) is 0 Å². The number of nitrogens with one attached hydrogen (secondary N) is 1. The molecule has 4 rings (SSSR count). The van der Waals surface area contributed by atoms with E-state index in [1.54, 1.807) is 30.3 Å². The molecule has 0 bridgehead atoms. The molecule has 7 nitrogen and oxygen atoms in total. The number of carbonyl (C=O) groups is 1. The highest BCUT2D eigenvalue weighted by Crippen LogP contribution is 2.26. The van der Waals surface area contributed by atoms with Crippen LogP contribution < -0.4 is 14.2 Å². The van der Waals surface area contributed by atoms with Crippen LogP contribution in [-0.4, -0.2) is 58.4 Å². The van der Waals surface area contributed by atoms with Gasteiger partial charge in [0.2, 0.25) is 0 Å². The van der Waals surface area contributed by atoms with Crippen LogP contribution in [0, 0.1) is 5.92 Å². The number of rotatable bonds is 8. The highest BCUT2D eigenvalue weighted by Gasteiger charge is 2.28. The Morgan fingerprint density at radius 2 is 1.81 bits per heavy atom. The Kier molecular flexibility index (Phi) is 7.13. The van der Waals surface area contributed by atoms with Crippen molar-refractivity contribution in [2.45, 2.75) is 36.6 Å². The van der Waals surface area contributed by atoms with Gasteiger partial charge in [-0.25, -0.2) is 0 Å². The van der Waals surface area contributed by atoms with Crippen molar-refractivity contribution >= 4 is 15.9 Å². The number of ketones is 1. The van der Waals surface area contributed by atoms with Crippen molar-refractivity contribution in [2.75, 3.05) is 33.3 Å². The first-order valence-corrected chi connectivity index (χ1v) is 12.5. The monoisotopic (exact) mass is 458 g/mol. The van der Waals surface area contributed by atoms with Crippen molar-refractivity contribution in [3.63, 3.8) is 0 Å². The summed E-state index contributed by atoms with van der Waals surface area (Å²) in [6.45, 7) is 3.98. The number of methoxy groups -OCH3 is 1. The summed E-state index contributed by atoms with van der Waals surface area (Å²) in [4.78, 5) is 15.5. The lowest BCUT2D eigenvalue weighted by Crippen LogP contribution is -2.43. The molecular weight excluding hydrogens is 428 g/mol. The number of Topliss-reactive ketones (excluding diaryl/α,β-unsaturated/α-hetero) is 1. The molecule has 2 aromatic carbocycles. The van der Waals surface area contributed by atoms with Gasteiger partial charge in [0.1, 0.15) is 16.4 Å². The molecule has 172 valence electrons. The van der Waals surface area contributed by atoms with Crippen molar-refractivity contribution in [2.24, 2.45) is 5.92 Å². The first kappa shape index (κ1) is 22.8. The predicted octanol–water partition coefficient (Wildman–Crippen LogP) is 3.11. The lowest BCUT2D eigenvalue weighted by atomic mass is 9.88. The third-order valence-electron chi connectivity index (χ3n) is 6.27. The van der Waals surface area contributed by atoms with Crippen LogP contribution in [0.3, 0.4) is 0 Å². The van der Waals surface area contributed by atoms with Gasteiger partial charge in [-0.3, -0.25) is 4.79 Å². The van der Waals surface area contributed by atoms with E-state index in [0.29, 0.717) is 17.4 Å². The Hall–Kier alpha value is -2.42. The van der Waals surface area contributed by atoms with E-state index in [4.69, 9.17) is 8.92 Å². The molecule has 1 N–H and O–H groups in total. The van der Waals surface area contributed by atoms with Gasteiger partial charge < -0.3 is 19.1 Å². The molecule has 2 aromatic rings. The van der Waals surface area contributed by atoms with E-state index in [9.17, 15) is 13.2 Å². The molecular formula is C24H30N2O5S. The third kappa shape index (κ3) is 5.49. The van der Waals surface area contributed by atoms with Crippen molar-refractivity contribution in [3.8, 4) is 11.5 Å². The molecule has 1 atom stereocenters. The SMILES string of the molecule is COc1ccc(S(=O)(=O)Oc2cccc(C(=O)C3CCN(CC4CCCN4)CC3)c2)cc1. The van der Waals surface area contributed by atoms with Crippen molar-refractivity contribution in [3.05, 3.63) is 54.1 Å². The third-order valence-corrected chi connectivity index (χ3v) is 7.53. The van der Waals surface area contributed by atoms with Crippen LogP contribution in [0.1, 0.15) is 36.0 Å². The molecule has 2 saturated heterocycles. The Morgan fingerprint density at radius 3 is 2.47 bits per heavy atom. The van der Waals surface area contributed by atoms with E-state index >= 15 is 0 Å². The fourth-order valence-corrected chi connectivity index (χ4v) is 5.38. The van der Waals surface area contributed by atoms with Gasteiger partial charge in [0.15, 0.2) is 5.78 Å². The Balaban J connectivity index is 1.37. The second kappa shape index (κ2) is 10.0. The zero-order chi connectivity index (χ0) is 22.6. The maximum absolute atomic E-state index is 13.1. The van der Waals surface area contributed by atoms with E-state index in [1.165, 1.54) is 38.2 Å². The van der Waals surface area contributed by atoms with Crippen LogP contribution in [0.2, 0.25) is 0 Å². The van der Waals surface area contributed by atoms with E-state index in [2.05, 4.69) is 10.2 Å². The number of likely N-dealkylation sites (tertiary alicyclic amines) is 1. The average molecular weight is 459 g/mol. The van der Waals surface area contributed by atoms with Gasteiger partial charge in [-0.2, -0.15) is 8.42 Å². The summed E-state index contributed by atoms with van der Waals surface area (Å²) in [5.74, 6) is 0.700. The number of hydrogen-bond acceptors (Lipinski definition) is 7. The molecule has 32 heavy (non-hydrogen) atoms. The molecule has 0 aromatic heterocycles. The minimum absolute atomic E-state index is 0.0270. The molecule has 0 amide bonds. The van der Waals surface area contributed by atoms with Gasteiger partial charge in [-0.1, -0.05) is 12.1 Å². The molecule has 2 fully saturated rings. The molecule has 1 unspecified atom stereocenters. The fraction of sp³-hybridized carbons (Fsp3) is 0.458. The first-order valence-electron chi connectivity index (χ1n) is 11.1. The van der Waals surface area contributed by atoms with Crippen molar-refractivity contribution in [1.82, 2.24) is 10.2 Å². The minimum Gasteiger partial charge on any atom is -0.497 e. The Labute approximate surface area is 189 Å². The Morgan fingerprint density at radius 1 is 1.06 bits per heavy atom. The number of piperidine rings is 1. The largest absolute Gasteiger partial charge is 0.497 e. The maximum Gasteiger partial charge on any atom is 0.339 e. The first-order chi connectivity index (χ1) is 15.4. The van der Waals surface area contributed by atoms with Crippen LogP contribution in [0.25, 0.3) is 0 Å². The van der Waals surface area contributed by atoms with E-state index < -0.39 is 10.1 Å². The summed E-state index contributed by atoms with van der Waals surface area (Å²) in [5, 5.41) is 3.53. The molecule has 0 saturated carbocycles. The quantitative estimate of drug-likeness (QED) is 0.481. The normalized spacial score (nSPS) is 20.2. The Bertz CT molecular complexity index is 1020. The van der Waals surface area contributed by atoms with Gasteiger partial charge >= 0.3 is 10.1 Å². The highest BCUT2D eigenvalue weighted by molar-refractivity contribution is 7.87. The average Bonchev–Trinajstić information content (AvgIpc) is 3.32. The van der Waals surface area contributed by atoms with Crippen LogP contribution >= 0.6 is 0 Å². The van der Waals surface area contributed by atoms with Crippen LogP contribution in [0.5, 0.6) is 11.5 Å². The topological polar surface area (TPSA) is 84.9 Å². The number of ether oxygens (including phenoxy) is 1. The van der Waals surface area contributed by atoms with Gasteiger partial charge in [0.25, 0.3) is 0 Å². The molecule has 8 heteroatoms. The molecule has 0 spiro atoms. The summed E-state index contributed by atoms with van der Waals surface area (Å²) in [6, 6.07) is 13.0. The lowest BCUT2D eigenvalue weighted by molar-refractivity contribution is 0.0833. The molecule has 2 aliphatic rings. The zero-order valence-corrected chi connectivity index (χ0v) is 19.1. The van der Waals surface area contributed by atoms with Crippen molar-refractivity contribution < 1.29 is 22.1 Å². The number of carbonyl (C=O) groups excluding carboxylic acids is 1. The summed E-state index contributed by atoms with van der Waals surface area (Å²) in [7, 11) is -2.49. The lowest BCUT2D eigenvalue weighted by Gasteiger charge is -2.33. The number of benzene rings is 2. The number of hydrogen-bond donors (Lipinski definition) is 1. The molecule has 2 heterocycles. The number of nitrogens with zero attached hydrogens (tertiary/aromatic N) is 1. The fourth-order valence-electron chi connectivity index (χ4n) is 4.46. The standard InChI is InChI=1S/C24H30N2O5S/c1-30-21-7-9-23(10-8-21)32(28,29)31-22-6-2-4-19(16-22)24(27)18-11-14-26(15-12-18)17-20-5-3-13-25-20/h2,4,6-10,16,18,20,25H,3,5,11-15,17H2,1H3. The smallest absolute Gasteiger partial charge is 0.339 e. The second-order valence-electron chi connectivity index (χ2n) is 8.47. The van der Waals surface area contributed by atoms with Crippen LogP contribution in [-0.2, 0) is 10.1 Å². The molecule has 0 aliphatic carbocycles. The minimum atomic E-state index is -4.00. The van der Waals surface area contributed by atoms with E-state index in [-0.39, 0.29) is 22.3 Å². The van der Waals surface area contributed by atoms with Gasteiger partial charge in [0.05, 0.1) is 7.11 Å². The maximum atomic E-state index is 13.1. The second-order valence-corrected chi connectivity index (χ2v) is 10.0. The predicted molar refractivity (Wildman–Crippen MR) is 122 cm³/mol. The molecule has 2 aliphatic heterocycles. The summed E-state index contributed by atoms with van der Waals surface area (Å²) >= 11 is 0. The van der Waals surface area contributed by atoms with Crippen LogP contribution in [0.4, 0.5) is 0 Å². The van der Waals surface area contributed by atoms with Crippen LogP contribution in [0.15, 0.2) is 53.4 Å². The van der Waals surface area contributed by atoms with E-state index in [0.717, 1.165) is 39.0 Å². The zero-order valence-electron chi connectivity index (χ0n) is 18.3. The van der Waals surface area contributed by atoms with Gasteiger partial charge in [0, 0.05) is 24.1 Å². The van der Waals surface area contributed by atoms with Gasteiger partial charge in [-0.15, -0.1) is 0 Å².